The summed E-state index contributed by atoms with van der Waals surface area (Å²) in [7, 11) is 0.883. The number of aromatic amines is 1. The number of carbonyl (C=O) groups excluding carboxylic acids is 2. The lowest BCUT2D eigenvalue weighted by molar-refractivity contribution is -0.136. The van der Waals surface area contributed by atoms with Crippen molar-refractivity contribution in [2.24, 2.45) is 11.8 Å². The van der Waals surface area contributed by atoms with Gasteiger partial charge in [0.15, 0.2) is 0 Å². The molecule has 47 heavy (non-hydrogen) atoms. The fourth-order valence-electron chi connectivity index (χ4n) is 7.49. The average molecular weight is 637 g/mol. The van der Waals surface area contributed by atoms with Crippen molar-refractivity contribution in [3.63, 3.8) is 0 Å². The third-order valence-corrected chi connectivity index (χ3v) is 11.0. The molecular weight excluding hydrogens is 595 g/mol. The van der Waals surface area contributed by atoms with Gasteiger partial charge in [-0.25, -0.2) is 9.78 Å². The molecule has 0 bridgehead atoms. The van der Waals surface area contributed by atoms with Crippen molar-refractivity contribution in [3.05, 3.63) is 53.9 Å². The van der Waals surface area contributed by atoms with E-state index in [9.17, 15) is 9.59 Å². The number of carbonyl (C=O) groups is 2. The molecule has 0 spiro atoms. The van der Waals surface area contributed by atoms with Gasteiger partial charge in [-0.05, 0) is 92.5 Å². The first-order valence-corrected chi connectivity index (χ1v) is 16.6. The molecule has 8 rings (SSSR count). The number of aromatic nitrogens is 2. The second kappa shape index (κ2) is 10.5. The summed E-state index contributed by atoms with van der Waals surface area (Å²) in [6.07, 6.45) is 1.23. The molecule has 4 heterocycles. The highest BCUT2D eigenvalue weighted by Gasteiger charge is 2.56. The Kier molecular flexibility index (Phi) is 6.73. The van der Waals surface area contributed by atoms with E-state index in [1.165, 1.54) is 7.11 Å². The smallest absolute Gasteiger partial charge is 0.488 e. The lowest BCUT2D eigenvalue weighted by atomic mass is 9.77. The van der Waals surface area contributed by atoms with E-state index in [1.807, 2.05) is 18.7 Å². The van der Waals surface area contributed by atoms with Crippen LogP contribution in [0.15, 0.2) is 42.5 Å². The molecule has 1 aromatic heterocycles. The van der Waals surface area contributed by atoms with E-state index >= 15 is 0 Å². The summed E-state index contributed by atoms with van der Waals surface area (Å²) in [5, 5.41) is 4.81. The number of amides is 2. The Morgan fingerprint density at radius 1 is 1.04 bits per heavy atom. The quantitative estimate of drug-likeness (QED) is 0.274. The standard InChI is InChI=1S/C36H41BN4O6/c1-18(2)30(40-34(43)44-7)33(42)41-27-14-20(27)15-28(41)32-38-26-11-8-19-13-25-23-10-9-22(37-46-35(3,4)36(5,6)47-37)12-21(23)17-45-29(25)16-24(19)31(26)39-32/h8-13,16,18,20,27-28,30H,14-15,17H2,1-7H3,(H,38,39)(H,40,43)/t20-,27?,28+,30+/m1/s1. The van der Waals surface area contributed by atoms with Gasteiger partial charge in [0.1, 0.15) is 24.2 Å². The molecule has 1 unspecified atom stereocenters. The van der Waals surface area contributed by atoms with Crippen LogP contribution in [0.5, 0.6) is 5.75 Å². The molecule has 2 saturated heterocycles. The third-order valence-electron chi connectivity index (χ3n) is 11.0. The van der Waals surface area contributed by atoms with Crippen LogP contribution in [0, 0.1) is 11.8 Å². The van der Waals surface area contributed by atoms with Gasteiger partial charge in [0.25, 0.3) is 0 Å². The number of imidazole rings is 1. The SMILES string of the molecule is COC(=O)N[C@H](C(=O)N1C2C[C@@H]2C[C@H]1c1nc2c(ccc3cc4c(cc32)OCc2cc(B3OC(C)(C)C(C)(C)O3)ccc2-4)[nH]1)C(C)C. The number of piperidine rings is 1. The van der Waals surface area contributed by atoms with Crippen molar-refractivity contribution < 1.29 is 28.4 Å². The fourth-order valence-corrected chi connectivity index (χ4v) is 7.49. The summed E-state index contributed by atoms with van der Waals surface area (Å²) < 4.78 is 23.8. The van der Waals surface area contributed by atoms with Crippen molar-refractivity contribution in [1.29, 1.82) is 0 Å². The molecule has 10 nitrogen and oxygen atoms in total. The monoisotopic (exact) mass is 636 g/mol. The first-order chi connectivity index (χ1) is 22.3. The maximum Gasteiger partial charge on any atom is 0.494 e. The van der Waals surface area contributed by atoms with E-state index in [0.29, 0.717) is 12.5 Å². The molecule has 0 radical (unpaired) electrons. The molecule has 2 N–H and O–H groups in total. The number of methoxy groups -OCH3 is 1. The first-order valence-electron chi connectivity index (χ1n) is 16.6. The second-order valence-electron chi connectivity index (χ2n) is 14.9. The molecule has 4 aromatic rings. The van der Waals surface area contributed by atoms with Crippen LogP contribution in [0.2, 0.25) is 0 Å². The van der Waals surface area contributed by atoms with Gasteiger partial charge in [-0.3, -0.25) is 4.79 Å². The minimum atomic E-state index is -0.672. The van der Waals surface area contributed by atoms with E-state index in [-0.39, 0.29) is 23.9 Å². The summed E-state index contributed by atoms with van der Waals surface area (Å²) in [4.78, 5) is 36.6. The van der Waals surface area contributed by atoms with Crippen LogP contribution >= 0.6 is 0 Å². The summed E-state index contributed by atoms with van der Waals surface area (Å²) in [5.74, 6) is 1.86. The van der Waals surface area contributed by atoms with Crippen LogP contribution in [0.3, 0.4) is 0 Å². The topological polar surface area (TPSA) is 115 Å². The molecular formula is C36H41BN4O6. The Bertz CT molecular complexity index is 1940. The van der Waals surface area contributed by atoms with E-state index < -0.39 is 30.5 Å². The lowest BCUT2D eigenvalue weighted by Crippen LogP contribution is -2.52. The van der Waals surface area contributed by atoms with E-state index in [1.54, 1.807) is 0 Å². The summed E-state index contributed by atoms with van der Waals surface area (Å²) in [6.45, 7) is 12.6. The van der Waals surface area contributed by atoms with Crippen molar-refractivity contribution >= 4 is 46.4 Å². The molecule has 2 amide bonds. The zero-order valence-corrected chi connectivity index (χ0v) is 28.0. The number of fused-ring (bicyclic) bond motifs is 7. The summed E-state index contributed by atoms with van der Waals surface area (Å²) in [6, 6.07) is 14.1. The van der Waals surface area contributed by atoms with Crippen molar-refractivity contribution in [2.45, 2.75) is 90.3 Å². The predicted molar refractivity (Wildman–Crippen MR) is 179 cm³/mol. The zero-order chi connectivity index (χ0) is 33.0. The zero-order valence-electron chi connectivity index (χ0n) is 28.0. The molecule has 11 heteroatoms. The fraction of sp³-hybridized carbons (Fsp3) is 0.472. The number of benzene rings is 3. The number of nitrogens with one attached hydrogen (secondary N) is 2. The van der Waals surface area contributed by atoms with Crippen LogP contribution in [-0.4, -0.2) is 64.4 Å². The number of likely N-dealkylation sites (tertiary alicyclic amines) is 1. The van der Waals surface area contributed by atoms with Crippen molar-refractivity contribution in [3.8, 4) is 16.9 Å². The molecule has 244 valence electrons. The number of rotatable bonds is 5. The van der Waals surface area contributed by atoms with Gasteiger partial charge in [0, 0.05) is 17.0 Å². The maximum absolute atomic E-state index is 13.9. The number of H-pyrrole nitrogens is 1. The molecule has 3 aromatic carbocycles. The average Bonchev–Trinajstić information content (AvgIpc) is 3.37. The molecule has 4 aliphatic rings. The van der Waals surface area contributed by atoms with Gasteiger partial charge in [-0.1, -0.05) is 38.1 Å². The highest BCUT2D eigenvalue weighted by Crippen LogP contribution is 2.54. The Morgan fingerprint density at radius 3 is 2.53 bits per heavy atom. The van der Waals surface area contributed by atoms with Gasteiger partial charge in [-0.15, -0.1) is 0 Å². The highest BCUT2D eigenvalue weighted by atomic mass is 16.7. The highest BCUT2D eigenvalue weighted by molar-refractivity contribution is 6.62. The van der Waals surface area contributed by atoms with Gasteiger partial charge >= 0.3 is 13.2 Å². The number of hydrogen-bond donors (Lipinski definition) is 2. The van der Waals surface area contributed by atoms with Gasteiger partial charge in [0.05, 0.1) is 35.4 Å². The molecule has 3 fully saturated rings. The van der Waals surface area contributed by atoms with Crippen LogP contribution < -0.4 is 15.5 Å². The molecule has 1 aliphatic carbocycles. The lowest BCUT2D eigenvalue weighted by Gasteiger charge is -2.32. The van der Waals surface area contributed by atoms with Gasteiger partial charge < -0.3 is 34.0 Å². The van der Waals surface area contributed by atoms with Gasteiger partial charge in [0.2, 0.25) is 5.91 Å². The first kappa shape index (κ1) is 30.3. The number of hydrogen-bond acceptors (Lipinski definition) is 7. The van der Waals surface area contributed by atoms with Crippen LogP contribution in [-0.2, 0) is 25.4 Å². The number of alkyl carbamates (subject to hydrolysis) is 1. The predicted octanol–water partition coefficient (Wildman–Crippen LogP) is 5.62. The van der Waals surface area contributed by atoms with Crippen molar-refractivity contribution in [1.82, 2.24) is 20.2 Å². The summed E-state index contributed by atoms with van der Waals surface area (Å²) in [5.41, 5.74) is 5.21. The normalized spacial score (nSPS) is 24.1. The Labute approximate surface area is 274 Å². The largest absolute Gasteiger partial charge is 0.494 e. The number of nitrogens with zero attached hydrogens (tertiary/aromatic N) is 2. The van der Waals surface area contributed by atoms with Gasteiger partial charge in [-0.2, -0.15) is 0 Å². The third kappa shape index (κ3) is 4.80. The number of ether oxygens (including phenoxy) is 2. The molecule has 4 atom stereocenters. The minimum absolute atomic E-state index is 0.0894. The van der Waals surface area contributed by atoms with Crippen molar-refractivity contribution in [2.75, 3.05) is 7.11 Å². The van der Waals surface area contributed by atoms with Crippen LogP contribution in [0.25, 0.3) is 32.9 Å². The Morgan fingerprint density at radius 2 is 1.81 bits per heavy atom. The molecule has 3 aliphatic heterocycles. The maximum atomic E-state index is 13.9. The Hall–Kier alpha value is -4.09. The van der Waals surface area contributed by atoms with Crippen LogP contribution in [0.1, 0.15) is 71.8 Å². The second-order valence-corrected chi connectivity index (χ2v) is 14.9. The molecule has 1 saturated carbocycles. The minimum Gasteiger partial charge on any atom is -0.488 e. The van der Waals surface area contributed by atoms with E-state index in [0.717, 1.165) is 68.4 Å². The Balaban J connectivity index is 1.11. The van der Waals surface area contributed by atoms with E-state index in [2.05, 4.69) is 80.5 Å². The van der Waals surface area contributed by atoms with E-state index in [4.69, 9.17) is 23.8 Å². The summed E-state index contributed by atoms with van der Waals surface area (Å²) >= 11 is 0. The van der Waals surface area contributed by atoms with Crippen LogP contribution in [0.4, 0.5) is 4.79 Å².